The van der Waals surface area contributed by atoms with Gasteiger partial charge in [0.25, 0.3) is 0 Å². The molecule has 0 radical (unpaired) electrons. The average Bonchev–Trinajstić information content (AvgIpc) is 2.71. The van der Waals surface area contributed by atoms with Crippen molar-refractivity contribution < 1.29 is 0 Å². The third-order valence-electron chi connectivity index (χ3n) is 1.84. The molecule has 0 spiro atoms. The van der Waals surface area contributed by atoms with Crippen LogP contribution in [0.4, 0.5) is 0 Å². The van der Waals surface area contributed by atoms with E-state index in [1.807, 2.05) is 4.40 Å². The van der Waals surface area contributed by atoms with Gasteiger partial charge in [0.05, 0.1) is 24.1 Å². The lowest BCUT2D eigenvalue weighted by Gasteiger charge is -1.92. The molecule has 0 aliphatic rings. The molecular formula is C7H5N5. The standard InChI is InChI=1S/C7H5N5/c1-5-2-9-6-3-10-11-7(6)12(5)4-8-1/h1-4H,(H,10,11). The summed E-state index contributed by atoms with van der Waals surface area (Å²) in [6.07, 6.45) is 6.95. The van der Waals surface area contributed by atoms with Crippen molar-refractivity contribution in [1.82, 2.24) is 24.6 Å². The van der Waals surface area contributed by atoms with Crippen molar-refractivity contribution in [3.8, 4) is 0 Å². The number of fused-ring (bicyclic) bond motifs is 3. The number of aromatic nitrogens is 5. The van der Waals surface area contributed by atoms with Gasteiger partial charge >= 0.3 is 0 Å². The van der Waals surface area contributed by atoms with Crippen molar-refractivity contribution in [3.05, 3.63) is 24.9 Å². The van der Waals surface area contributed by atoms with Crippen molar-refractivity contribution in [2.24, 2.45) is 0 Å². The molecule has 3 aromatic rings. The van der Waals surface area contributed by atoms with Gasteiger partial charge in [0.2, 0.25) is 0 Å². The Hall–Kier alpha value is -1.91. The first-order chi connectivity index (χ1) is 5.95. The van der Waals surface area contributed by atoms with Crippen LogP contribution in [0, 0.1) is 0 Å². The lowest BCUT2D eigenvalue weighted by Crippen LogP contribution is -1.86. The van der Waals surface area contributed by atoms with Gasteiger partial charge in [-0.2, -0.15) is 5.10 Å². The summed E-state index contributed by atoms with van der Waals surface area (Å²) >= 11 is 0. The summed E-state index contributed by atoms with van der Waals surface area (Å²) in [6, 6.07) is 0. The number of nitrogens with zero attached hydrogens (tertiary/aromatic N) is 4. The highest BCUT2D eigenvalue weighted by Gasteiger charge is 2.01. The molecule has 0 atom stereocenters. The van der Waals surface area contributed by atoms with E-state index in [2.05, 4.69) is 20.2 Å². The second kappa shape index (κ2) is 1.82. The highest BCUT2D eigenvalue weighted by atomic mass is 15.2. The molecule has 0 saturated heterocycles. The van der Waals surface area contributed by atoms with E-state index in [0.29, 0.717) is 0 Å². The number of rotatable bonds is 0. The van der Waals surface area contributed by atoms with E-state index in [4.69, 9.17) is 0 Å². The van der Waals surface area contributed by atoms with Crippen LogP contribution >= 0.6 is 0 Å². The normalized spacial score (nSPS) is 11.3. The predicted octanol–water partition coefficient (Wildman–Crippen LogP) is 0.606. The third-order valence-corrected chi connectivity index (χ3v) is 1.84. The fourth-order valence-electron chi connectivity index (χ4n) is 1.27. The van der Waals surface area contributed by atoms with E-state index in [-0.39, 0.29) is 0 Å². The maximum absolute atomic E-state index is 4.19. The summed E-state index contributed by atoms with van der Waals surface area (Å²) in [4.78, 5) is 8.19. The first kappa shape index (κ1) is 5.70. The first-order valence-corrected chi connectivity index (χ1v) is 3.55. The summed E-state index contributed by atoms with van der Waals surface area (Å²) in [7, 11) is 0. The number of hydrogen-bond acceptors (Lipinski definition) is 3. The number of nitrogens with one attached hydrogen (secondary N) is 1. The quantitative estimate of drug-likeness (QED) is 0.522. The third kappa shape index (κ3) is 0.554. The molecule has 5 nitrogen and oxygen atoms in total. The second-order valence-corrected chi connectivity index (χ2v) is 2.55. The number of imidazole rings is 1. The highest BCUT2D eigenvalue weighted by molar-refractivity contribution is 5.72. The Kier molecular flexibility index (Phi) is 0.864. The van der Waals surface area contributed by atoms with Crippen molar-refractivity contribution in [3.63, 3.8) is 0 Å². The molecule has 3 aromatic heterocycles. The van der Waals surface area contributed by atoms with Crippen molar-refractivity contribution in [1.29, 1.82) is 0 Å². The largest absolute Gasteiger partial charge is 0.281 e. The minimum atomic E-state index is 0.848. The van der Waals surface area contributed by atoms with Crippen molar-refractivity contribution >= 4 is 16.7 Å². The van der Waals surface area contributed by atoms with Gasteiger partial charge in [-0.25, -0.2) is 9.97 Å². The average molecular weight is 159 g/mol. The zero-order valence-electron chi connectivity index (χ0n) is 6.10. The summed E-state index contributed by atoms with van der Waals surface area (Å²) in [5.41, 5.74) is 2.69. The summed E-state index contributed by atoms with van der Waals surface area (Å²) in [5, 5.41) is 6.75. The smallest absolute Gasteiger partial charge is 0.160 e. The van der Waals surface area contributed by atoms with E-state index in [1.165, 1.54) is 0 Å². The molecule has 12 heavy (non-hydrogen) atoms. The predicted molar refractivity (Wildman–Crippen MR) is 42.6 cm³/mol. The fourth-order valence-corrected chi connectivity index (χ4v) is 1.27. The number of hydrogen-bond donors (Lipinski definition) is 1. The van der Waals surface area contributed by atoms with Gasteiger partial charge in [-0.05, 0) is 0 Å². The lowest BCUT2D eigenvalue weighted by molar-refractivity contribution is 1.07. The van der Waals surface area contributed by atoms with Crippen LogP contribution in [0.15, 0.2) is 24.9 Å². The maximum atomic E-state index is 4.19. The molecule has 0 bridgehead atoms. The van der Waals surface area contributed by atoms with Gasteiger partial charge < -0.3 is 0 Å². The Labute approximate surface area is 67.1 Å². The van der Waals surface area contributed by atoms with Crippen molar-refractivity contribution in [2.45, 2.75) is 0 Å². The Morgan fingerprint density at radius 1 is 1.25 bits per heavy atom. The Morgan fingerprint density at radius 3 is 3.25 bits per heavy atom. The summed E-state index contributed by atoms with van der Waals surface area (Å²) in [5.74, 6) is 0. The Morgan fingerprint density at radius 2 is 2.25 bits per heavy atom. The van der Waals surface area contributed by atoms with Gasteiger partial charge in [-0.15, -0.1) is 0 Å². The summed E-state index contributed by atoms with van der Waals surface area (Å²) < 4.78 is 1.91. The minimum absolute atomic E-state index is 0.848. The summed E-state index contributed by atoms with van der Waals surface area (Å²) in [6.45, 7) is 0. The Balaban J connectivity index is 2.71. The maximum Gasteiger partial charge on any atom is 0.160 e. The van der Waals surface area contributed by atoms with Crippen LogP contribution < -0.4 is 0 Å². The lowest BCUT2D eigenvalue weighted by atomic mass is 10.5. The highest BCUT2D eigenvalue weighted by Crippen LogP contribution is 2.09. The zero-order valence-corrected chi connectivity index (χ0v) is 6.10. The van der Waals surface area contributed by atoms with Crippen molar-refractivity contribution in [2.75, 3.05) is 0 Å². The second-order valence-electron chi connectivity index (χ2n) is 2.55. The van der Waals surface area contributed by atoms with E-state index >= 15 is 0 Å². The zero-order chi connectivity index (χ0) is 7.97. The molecule has 0 unspecified atom stereocenters. The molecule has 3 rings (SSSR count). The molecular weight excluding hydrogens is 154 g/mol. The molecule has 0 aliphatic heterocycles. The molecule has 0 saturated carbocycles. The van der Waals surface area contributed by atoms with Crippen LogP contribution in [-0.2, 0) is 0 Å². The molecule has 0 amide bonds. The van der Waals surface area contributed by atoms with Crippen LogP contribution in [0.3, 0.4) is 0 Å². The van der Waals surface area contributed by atoms with Gasteiger partial charge in [0.15, 0.2) is 5.65 Å². The molecule has 58 valence electrons. The number of H-pyrrole nitrogens is 1. The van der Waals surface area contributed by atoms with Gasteiger partial charge in [0, 0.05) is 0 Å². The molecule has 1 N–H and O–H groups in total. The molecule has 5 heteroatoms. The Bertz CT molecular complexity index is 485. The SMILES string of the molecule is c1n[nH]c2c1ncc1cncn12. The van der Waals surface area contributed by atoms with Crippen LogP contribution in [0.1, 0.15) is 0 Å². The fraction of sp³-hybridized carbons (Fsp3) is 0. The topological polar surface area (TPSA) is 58.9 Å². The van der Waals surface area contributed by atoms with E-state index < -0.39 is 0 Å². The van der Waals surface area contributed by atoms with Crippen LogP contribution in [-0.4, -0.2) is 24.6 Å². The van der Waals surface area contributed by atoms with E-state index in [1.54, 1.807) is 24.9 Å². The minimum Gasteiger partial charge on any atom is -0.281 e. The van der Waals surface area contributed by atoms with Gasteiger partial charge in [-0.3, -0.25) is 9.50 Å². The monoisotopic (exact) mass is 159 g/mol. The first-order valence-electron chi connectivity index (χ1n) is 3.55. The van der Waals surface area contributed by atoms with Gasteiger partial charge in [0.1, 0.15) is 11.8 Å². The molecule has 0 aliphatic carbocycles. The van der Waals surface area contributed by atoms with Gasteiger partial charge in [-0.1, -0.05) is 0 Å². The molecule has 0 fully saturated rings. The molecule has 3 heterocycles. The number of aromatic amines is 1. The van der Waals surface area contributed by atoms with E-state index in [0.717, 1.165) is 16.7 Å². The van der Waals surface area contributed by atoms with Crippen LogP contribution in [0.2, 0.25) is 0 Å². The molecule has 0 aromatic carbocycles. The van der Waals surface area contributed by atoms with E-state index in [9.17, 15) is 0 Å². The van der Waals surface area contributed by atoms with Crippen LogP contribution in [0.25, 0.3) is 16.7 Å². The van der Waals surface area contributed by atoms with Crippen LogP contribution in [0.5, 0.6) is 0 Å².